The van der Waals surface area contributed by atoms with Gasteiger partial charge in [0.25, 0.3) is 5.91 Å². The number of amides is 1. The van der Waals surface area contributed by atoms with Gasteiger partial charge in [0.15, 0.2) is 0 Å². The van der Waals surface area contributed by atoms with Gasteiger partial charge in [0.2, 0.25) is 9.84 Å². The Kier molecular flexibility index (Phi) is 5.74. The second-order valence-corrected chi connectivity index (χ2v) is 9.39. The van der Waals surface area contributed by atoms with E-state index in [1.807, 2.05) is 0 Å². The Morgan fingerprint density at radius 3 is 2.06 bits per heavy atom. The number of ether oxygens (including phenoxy) is 1. The fourth-order valence-corrected chi connectivity index (χ4v) is 5.04. The van der Waals surface area contributed by atoms with Crippen molar-refractivity contribution >= 4 is 32.5 Å². The molecular formula is C23H19F2N3O5S. The fourth-order valence-electron chi connectivity index (χ4n) is 3.63. The highest BCUT2D eigenvalue weighted by atomic mass is 32.2. The summed E-state index contributed by atoms with van der Waals surface area (Å²) in [4.78, 5) is 24.7. The summed E-state index contributed by atoms with van der Waals surface area (Å²) in [5.74, 6) is -2.96. The molecule has 0 aliphatic rings. The molecule has 1 N–H and O–H groups in total. The minimum atomic E-state index is -4.24. The standard InChI is InChI=1S/C23H19F2N3O5S/c1-27-18-11-17(26-22(29)21-15(24)5-4-6-16(21)25)20(12-19(18)28(2)23(27)30)34(31,32)14-9-7-13(33-3)8-10-14/h4-12H,1-3H3,(H,26,29). The molecule has 0 fully saturated rings. The maximum Gasteiger partial charge on any atom is 0.328 e. The minimum Gasteiger partial charge on any atom is -0.497 e. The van der Waals surface area contributed by atoms with Crippen LogP contribution in [0.5, 0.6) is 5.75 Å². The summed E-state index contributed by atoms with van der Waals surface area (Å²) in [6.07, 6.45) is 0. The first kappa shape index (κ1) is 23.2. The topological polar surface area (TPSA) is 99.4 Å². The molecule has 34 heavy (non-hydrogen) atoms. The van der Waals surface area contributed by atoms with Crippen LogP contribution in [0.3, 0.4) is 0 Å². The number of fused-ring (bicyclic) bond motifs is 1. The Hall–Kier alpha value is -3.99. The zero-order chi connectivity index (χ0) is 24.8. The molecule has 0 aliphatic carbocycles. The molecule has 8 nitrogen and oxygen atoms in total. The molecule has 11 heteroatoms. The summed E-state index contributed by atoms with van der Waals surface area (Å²) in [6.45, 7) is 0. The van der Waals surface area contributed by atoms with Crippen molar-refractivity contribution in [3.05, 3.63) is 82.3 Å². The van der Waals surface area contributed by atoms with Crippen LogP contribution in [0.4, 0.5) is 14.5 Å². The largest absolute Gasteiger partial charge is 0.497 e. The van der Waals surface area contributed by atoms with Gasteiger partial charge in [0.1, 0.15) is 22.9 Å². The lowest BCUT2D eigenvalue weighted by atomic mass is 10.1. The van der Waals surface area contributed by atoms with E-state index >= 15 is 0 Å². The number of nitrogens with one attached hydrogen (secondary N) is 1. The van der Waals surface area contributed by atoms with Gasteiger partial charge in [-0.1, -0.05) is 6.07 Å². The third-order valence-electron chi connectivity index (χ3n) is 5.47. The van der Waals surface area contributed by atoms with Gasteiger partial charge in [-0.05, 0) is 48.5 Å². The van der Waals surface area contributed by atoms with Crippen molar-refractivity contribution in [2.45, 2.75) is 9.79 Å². The second kappa shape index (κ2) is 8.41. The Morgan fingerprint density at radius 2 is 1.50 bits per heavy atom. The monoisotopic (exact) mass is 487 g/mol. The summed E-state index contributed by atoms with van der Waals surface area (Å²) in [5, 5.41) is 2.31. The van der Waals surface area contributed by atoms with Crippen molar-refractivity contribution in [3.63, 3.8) is 0 Å². The number of carbonyl (C=O) groups is 1. The van der Waals surface area contributed by atoms with E-state index in [2.05, 4.69) is 5.32 Å². The molecule has 0 saturated carbocycles. The molecule has 0 radical (unpaired) electrons. The number of aryl methyl sites for hydroxylation is 2. The van der Waals surface area contributed by atoms with Crippen LogP contribution in [-0.4, -0.2) is 30.6 Å². The van der Waals surface area contributed by atoms with Gasteiger partial charge in [-0.15, -0.1) is 0 Å². The van der Waals surface area contributed by atoms with E-state index in [0.717, 1.165) is 18.2 Å². The van der Waals surface area contributed by atoms with Crippen LogP contribution >= 0.6 is 0 Å². The number of sulfone groups is 1. The SMILES string of the molecule is COc1ccc(S(=O)(=O)c2cc3c(cc2NC(=O)c2c(F)cccc2F)n(C)c(=O)n3C)cc1. The number of rotatable bonds is 5. The highest BCUT2D eigenvalue weighted by Crippen LogP contribution is 2.33. The van der Waals surface area contributed by atoms with Gasteiger partial charge in [-0.3, -0.25) is 13.9 Å². The second-order valence-electron chi connectivity index (χ2n) is 7.47. The number of imidazole rings is 1. The number of benzene rings is 3. The number of hydrogen-bond acceptors (Lipinski definition) is 5. The minimum absolute atomic E-state index is 0.110. The van der Waals surface area contributed by atoms with Gasteiger partial charge in [-0.2, -0.15) is 0 Å². The van der Waals surface area contributed by atoms with Crippen LogP contribution in [-0.2, 0) is 23.9 Å². The molecule has 0 aliphatic heterocycles. The third-order valence-corrected chi connectivity index (χ3v) is 7.28. The Balaban J connectivity index is 1.94. The summed E-state index contributed by atoms with van der Waals surface area (Å²) < 4.78 is 63.0. The van der Waals surface area contributed by atoms with E-state index in [9.17, 15) is 26.8 Å². The molecule has 0 atom stereocenters. The molecular weight excluding hydrogens is 468 g/mol. The zero-order valence-corrected chi connectivity index (χ0v) is 19.1. The van der Waals surface area contributed by atoms with Crippen LogP contribution in [0.15, 0.2) is 69.2 Å². The van der Waals surface area contributed by atoms with Gasteiger partial charge in [0.05, 0.1) is 33.6 Å². The summed E-state index contributed by atoms with van der Waals surface area (Å²) >= 11 is 0. The quantitative estimate of drug-likeness (QED) is 0.466. The number of methoxy groups -OCH3 is 1. The lowest BCUT2D eigenvalue weighted by molar-refractivity contribution is 0.101. The maximum atomic E-state index is 14.2. The molecule has 1 heterocycles. The molecule has 0 spiro atoms. The Bertz CT molecular complexity index is 1590. The zero-order valence-electron chi connectivity index (χ0n) is 18.3. The van der Waals surface area contributed by atoms with Crippen molar-refractivity contribution < 1.29 is 26.7 Å². The molecule has 1 aromatic heterocycles. The first-order valence-corrected chi connectivity index (χ1v) is 11.4. The molecule has 0 saturated heterocycles. The van der Waals surface area contributed by atoms with Crippen molar-refractivity contribution in [1.82, 2.24) is 9.13 Å². The van der Waals surface area contributed by atoms with E-state index < -0.39 is 38.6 Å². The highest BCUT2D eigenvalue weighted by molar-refractivity contribution is 7.91. The van der Waals surface area contributed by atoms with Crippen LogP contribution < -0.4 is 15.7 Å². The average molecular weight is 487 g/mol. The maximum absolute atomic E-state index is 14.2. The highest BCUT2D eigenvalue weighted by Gasteiger charge is 2.27. The first-order valence-electron chi connectivity index (χ1n) is 9.90. The average Bonchev–Trinajstić information content (AvgIpc) is 3.02. The van der Waals surface area contributed by atoms with E-state index in [0.29, 0.717) is 11.3 Å². The lowest BCUT2D eigenvalue weighted by Gasteiger charge is -2.14. The fraction of sp³-hybridized carbons (Fsp3) is 0.130. The molecule has 0 bridgehead atoms. The van der Waals surface area contributed by atoms with Crippen molar-refractivity contribution in [1.29, 1.82) is 0 Å². The summed E-state index contributed by atoms with van der Waals surface area (Å²) in [5.41, 5.74) is -0.930. The normalized spacial score (nSPS) is 11.6. The van der Waals surface area contributed by atoms with Gasteiger partial charge >= 0.3 is 5.69 Å². The predicted molar refractivity (Wildman–Crippen MR) is 121 cm³/mol. The number of halogens is 2. The molecule has 1 amide bonds. The van der Waals surface area contributed by atoms with E-state index in [-0.39, 0.29) is 21.0 Å². The number of anilines is 1. The third kappa shape index (κ3) is 3.73. The van der Waals surface area contributed by atoms with E-state index in [4.69, 9.17) is 4.74 Å². The first-order chi connectivity index (χ1) is 16.1. The Morgan fingerprint density at radius 1 is 0.941 bits per heavy atom. The van der Waals surface area contributed by atoms with Crippen molar-refractivity contribution in [2.24, 2.45) is 14.1 Å². The number of aromatic nitrogens is 2. The smallest absolute Gasteiger partial charge is 0.328 e. The van der Waals surface area contributed by atoms with Crippen LogP contribution in [0.2, 0.25) is 0 Å². The van der Waals surface area contributed by atoms with Crippen molar-refractivity contribution in [2.75, 3.05) is 12.4 Å². The molecule has 3 aromatic carbocycles. The molecule has 176 valence electrons. The van der Waals surface area contributed by atoms with Crippen LogP contribution in [0.25, 0.3) is 11.0 Å². The van der Waals surface area contributed by atoms with Crippen molar-refractivity contribution in [3.8, 4) is 5.75 Å². The van der Waals surface area contributed by atoms with Crippen LogP contribution in [0, 0.1) is 11.6 Å². The van der Waals surface area contributed by atoms with Gasteiger partial charge in [-0.25, -0.2) is 22.0 Å². The lowest BCUT2D eigenvalue weighted by Crippen LogP contribution is -2.19. The van der Waals surface area contributed by atoms with E-state index in [1.54, 1.807) is 0 Å². The Labute approximate surface area is 192 Å². The summed E-state index contributed by atoms with van der Waals surface area (Å²) in [6, 6.07) is 11.0. The summed E-state index contributed by atoms with van der Waals surface area (Å²) in [7, 11) is 0.147. The van der Waals surface area contributed by atoms with E-state index in [1.165, 1.54) is 66.7 Å². The molecule has 4 aromatic rings. The van der Waals surface area contributed by atoms with Gasteiger partial charge < -0.3 is 10.1 Å². The predicted octanol–water partition coefficient (Wildman–Crippen LogP) is 3.25. The molecule has 4 rings (SSSR count). The number of hydrogen-bond donors (Lipinski definition) is 1. The van der Waals surface area contributed by atoms with Gasteiger partial charge in [0, 0.05) is 14.1 Å². The number of carbonyl (C=O) groups excluding carboxylic acids is 1. The number of nitrogens with zero attached hydrogens (tertiary/aromatic N) is 2. The molecule has 0 unspecified atom stereocenters. The van der Waals surface area contributed by atoms with Crippen LogP contribution in [0.1, 0.15) is 10.4 Å².